The Kier molecular flexibility index (Phi) is 7.63. The van der Waals surface area contributed by atoms with Crippen LogP contribution in [-0.2, 0) is 6.61 Å². The molecule has 5 rings (SSSR count). The molecule has 0 unspecified atom stereocenters. The van der Waals surface area contributed by atoms with Crippen molar-refractivity contribution in [2.24, 2.45) is 0 Å². The van der Waals surface area contributed by atoms with E-state index in [4.69, 9.17) is 9.72 Å². The van der Waals surface area contributed by atoms with Crippen LogP contribution in [-0.4, -0.2) is 57.2 Å². The summed E-state index contributed by atoms with van der Waals surface area (Å²) < 4.78 is 6.14. The van der Waals surface area contributed by atoms with Crippen molar-refractivity contribution in [3.63, 3.8) is 0 Å². The van der Waals surface area contributed by atoms with Gasteiger partial charge in [-0.1, -0.05) is 60.7 Å². The fourth-order valence-electron chi connectivity index (χ4n) is 4.43. The van der Waals surface area contributed by atoms with Gasteiger partial charge in [-0.2, -0.15) is 4.98 Å². The third-order valence-corrected chi connectivity index (χ3v) is 6.61. The third-order valence-electron chi connectivity index (χ3n) is 6.61. The largest absolute Gasteiger partial charge is 0.472 e. The second-order valence-corrected chi connectivity index (χ2v) is 9.17. The number of ether oxygens (including phenoxy) is 1. The molecule has 194 valence electrons. The summed E-state index contributed by atoms with van der Waals surface area (Å²) in [4.78, 5) is 28.3. The highest BCUT2D eigenvalue weighted by Crippen LogP contribution is 2.34. The van der Waals surface area contributed by atoms with E-state index in [0.29, 0.717) is 50.2 Å². The van der Waals surface area contributed by atoms with Gasteiger partial charge in [0.05, 0.1) is 11.9 Å². The number of pyridine rings is 1. The second-order valence-electron chi connectivity index (χ2n) is 9.17. The first-order valence-electron chi connectivity index (χ1n) is 12.6. The molecule has 2 N–H and O–H groups in total. The second kappa shape index (κ2) is 11.6. The first-order valence-corrected chi connectivity index (χ1v) is 12.6. The van der Waals surface area contributed by atoms with Crippen molar-refractivity contribution in [2.75, 3.05) is 30.4 Å². The number of anilines is 3. The van der Waals surface area contributed by atoms with Gasteiger partial charge in [-0.3, -0.25) is 0 Å². The van der Waals surface area contributed by atoms with E-state index in [1.54, 1.807) is 12.4 Å². The van der Waals surface area contributed by atoms with Gasteiger partial charge in [-0.25, -0.2) is 14.8 Å². The van der Waals surface area contributed by atoms with Crippen LogP contribution in [0.5, 0.6) is 5.88 Å². The van der Waals surface area contributed by atoms with Gasteiger partial charge in [-0.05, 0) is 36.1 Å². The minimum absolute atomic E-state index is 0.124. The number of nitrogens with one attached hydrogen (secondary N) is 1. The smallest absolute Gasteiger partial charge is 0.407 e. The SMILES string of the molecule is CN(c1cnc(OCc2ccccc2)c(-c2ccccc2)c1)c1ccnc(NC2CCN(C(=O)O)CC2)n1. The topological polar surface area (TPSA) is 104 Å². The molecule has 4 aromatic rings. The Morgan fingerprint density at radius 1 is 1.05 bits per heavy atom. The molecule has 0 spiro atoms. The van der Waals surface area contributed by atoms with Crippen molar-refractivity contribution in [1.29, 1.82) is 0 Å². The van der Waals surface area contributed by atoms with Crippen LogP contribution >= 0.6 is 0 Å². The summed E-state index contributed by atoms with van der Waals surface area (Å²) in [5.74, 6) is 1.79. The van der Waals surface area contributed by atoms with Gasteiger partial charge in [0.2, 0.25) is 11.8 Å². The Balaban J connectivity index is 1.34. The zero-order chi connectivity index (χ0) is 26.3. The number of amides is 1. The molecule has 2 aromatic carbocycles. The maximum atomic E-state index is 11.2. The molecule has 1 fully saturated rings. The molecule has 1 amide bonds. The highest BCUT2D eigenvalue weighted by atomic mass is 16.5. The molecule has 38 heavy (non-hydrogen) atoms. The van der Waals surface area contributed by atoms with E-state index >= 15 is 0 Å². The molecule has 3 heterocycles. The number of likely N-dealkylation sites (tertiary alicyclic amines) is 1. The van der Waals surface area contributed by atoms with Crippen LogP contribution in [0.2, 0.25) is 0 Å². The Morgan fingerprint density at radius 2 is 1.76 bits per heavy atom. The van der Waals surface area contributed by atoms with E-state index in [2.05, 4.69) is 21.4 Å². The average molecular weight is 511 g/mol. The van der Waals surface area contributed by atoms with E-state index in [0.717, 1.165) is 22.4 Å². The number of rotatable bonds is 8. The van der Waals surface area contributed by atoms with Gasteiger partial charge < -0.3 is 25.0 Å². The van der Waals surface area contributed by atoms with Crippen molar-refractivity contribution in [3.8, 4) is 17.0 Å². The summed E-state index contributed by atoms with van der Waals surface area (Å²) in [5.41, 5.74) is 3.83. The number of aromatic nitrogens is 3. The van der Waals surface area contributed by atoms with Crippen LogP contribution < -0.4 is 15.0 Å². The van der Waals surface area contributed by atoms with Gasteiger partial charge in [0, 0.05) is 37.9 Å². The Bertz CT molecular complexity index is 1360. The highest BCUT2D eigenvalue weighted by Gasteiger charge is 2.23. The molecule has 2 aromatic heterocycles. The summed E-state index contributed by atoms with van der Waals surface area (Å²) in [6, 6.07) is 24.1. The molecule has 9 heteroatoms. The summed E-state index contributed by atoms with van der Waals surface area (Å²) in [7, 11) is 1.94. The van der Waals surface area contributed by atoms with Crippen molar-refractivity contribution in [3.05, 3.63) is 90.8 Å². The van der Waals surface area contributed by atoms with Crippen LogP contribution in [0, 0.1) is 0 Å². The predicted molar refractivity (Wildman–Crippen MR) is 147 cm³/mol. The van der Waals surface area contributed by atoms with E-state index in [9.17, 15) is 9.90 Å². The van der Waals surface area contributed by atoms with Crippen LogP contribution in [0.15, 0.2) is 85.2 Å². The number of hydrogen-bond donors (Lipinski definition) is 2. The van der Waals surface area contributed by atoms with Crippen LogP contribution in [0.3, 0.4) is 0 Å². The molecule has 9 nitrogen and oxygen atoms in total. The number of nitrogens with zero attached hydrogens (tertiary/aromatic N) is 5. The van der Waals surface area contributed by atoms with Gasteiger partial charge in [0.25, 0.3) is 0 Å². The Hall–Kier alpha value is -4.66. The maximum absolute atomic E-state index is 11.2. The lowest BCUT2D eigenvalue weighted by molar-refractivity contribution is 0.133. The first kappa shape index (κ1) is 25.0. The van der Waals surface area contributed by atoms with E-state index in [1.807, 2.05) is 78.7 Å². The molecule has 0 atom stereocenters. The van der Waals surface area contributed by atoms with Gasteiger partial charge in [0.15, 0.2) is 0 Å². The third kappa shape index (κ3) is 6.00. The van der Waals surface area contributed by atoms with Gasteiger partial charge in [0.1, 0.15) is 12.4 Å². The Labute approximate surface area is 221 Å². The molecule has 1 saturated heterocycles. The molecule has 1 aliphatic rings. The van der Waals surface area contributed by atoms with Crippen LogP contribution in [0.25, 0.3) is 11.1 Å². The molecule has 0 radical (unpaired) electrons. The summed E-state index contributed by atoms with van der Waals surface area (Å²) in [5, 5.41) is 12.5. The molecule has 0 bridgehead atoms. The molecule has 0 saturated carbocycles. The summed E-state index contributed by atoms with van der Waals surface area (Å²) in [6.07, 6.45) is 4.05. The zero-order valence-corrected chi connectivity index (χ0v) is 21.2. The van der Waals surface area contributed by atoms with Crippen molar-refractivity contribution < 1.29 is 14.6 Å². The fourth-order valence-corrected chi connectivity index (χ4v) is 4.43. The molecule has 0 aliphatic carbocycles. The lowest BCUT2D eigenvalue weighted by Crippen LogP contribution is -2.41. The minimum Gasteiger partial charge on any atom is -0.472 e. The average Bonchev–Trinajstić information content (AvgIpc) is 2.97. The lowest BCUT2D eigenvalue weighted by atomic mass is 10.1. The fraction of sp³-hybridized carbons (Fsp3) is 0.241. The zero-order valence-electron chi connectivity index (χ0n) is 21.2. The summed E-state index contributed by atoms with van der Waals surface area (Å²) >= 11 is 0. The minimum atomic E-state index is -0.872. The van der Waals surface area contributed by atoms with Crippen molar-refractivity contribution in [2.45, 2.75) is 25.5 Å². The number of carbonyl (C=O) groups is 1. The normalized spacial score (nSPS) is 13.7. The van der Waals surface area contributed by atoms with Crippen LogP contribution in [0.4, 0.5) is 22.2 Å². The van der Waals surface area contributed by atoms with Gasteiger partial charge >= 0.3 is 6.09 Å². The van der Waals surface area contributed by atoms with Gasteiger partial charge in [-0.15, -0.1) is 0 Å². The van der Waals surface area contributed by atoms with Crippen LogP contribution in [0.1, 0.15) is 18.4 Å². The summed E-state index contributed by atoms with van der Waals surface area (Å²) in [6.45, 7) is 1.42. The number of benzene rings is 2. The lowest BCUT2D eigenvalue weighted by Gasteiger charge is -2.30. The maximum Gasteiger partial charge on any atom is 0.407 e. The first-order chi connectivity index (χ1) is 18.6. The number of hydrogen-bond acceptors (Lipinski definition) is 7. The van der Waals surface area contributed by atoms with Crippen molar-refractivity contribution >= 4 is 23.5 Å². The number of carboxylic acid groups (broad SMARTS) is 1. The quantitative estimate of drug-likeness (QED) is 0.323. The monoisotopic (exact) mass is 510 g/mol. The highest BCUT2D eigenvalue weighted by molar-refractivity contribution is 5.74. The Morgan fingerprint density at radius 3 is 2.47 bits per heavy atom. The van der Waals surface area contributed by atoms with E-state index < -0.39 is 6.09 Å². The van der Waals surface area contributed by atoms with E-state index in [1.165, 1.54) is 4.90 Å². The molecular formula is C29H30N6O3. The standard InChI is InChI=1S/C29H30N6O3/c1-34(26-12-15-30-28(33-26)32-23-13-16-35(17-14-23)29(36)37)24-18-25(22-10-6-3-7-11-22)27(31-19-24)38-20-21-8-4-2-5-9-21/h2-12,15,18-19,23H,13-14,16-17,20H2,1H3,(H,36,37)(H,30,32,33). The van der Waals surface area contributed by atoms with Crippen molar-refractivity contribution in [1.82, 2.24) is 19.9 Å². The predicted octanol–water partition coefficient (Wildman–Crippen LogP) is 5.44. The molecular weight excluding hydrogens is 480 g/mol. The molecule has 1 aliphatic heterocycles. The number of piperidine rings is 1. The van der Waals surface area contributed by atoms with E-state index in [-0.39, 0.29) is 6.04 Å².